The van der Waals surface area contributed by atoms with Crippen molar-refractivity contribution in [3.8, 4) is 0 Å². The second-order valence-electron chi connectivity index (χ2n) is 7.40. The number of aromatic nitrogens is 5. The molecule has 0 unspecified atom stereocenters. The van der Waals surface area contributed by atoms with E-state index in [-0.39, 0.29) is 5.91 Å². The Morgan fingerprint density at radius 1 is 1.18 bits per heavy atom. The molecule has 2 heterocycles. The Bertz CT molecular complexity index is 805. The maximum atomic E-state index is 12.3. The second-order valence-corrected chi connectivity index (χ2v) is 9.29. The Kier molecular flexibility index (Phi) is 7.34. The van der Waals surface area contributed by atoms with Crippen molar-refractivity contribution in [2.75, 3.05) is 5.75 Å². The lowest BCUT2D eigenvalue weighted by molar-refractivity contribution is -0.119. The average Bonchev–Trinajstić information content (AvgIpc) is 2.99. The molecule has 1 aliphatic carbocycles. The normalized spacial score (nSPS) is 19.6. The molecule has 0 spiro atoms. The number of hydrogen-bond acceptors (Lipinski definition) is 7. The Morgan fingerprint density at radius 3 is 2.61 bits per heavy atom. The van der Waals surface area contributed by atoms with E-state index in [4.69, 9.17) is 0 Å². The van der Waals surface area contributed by atoms with Crippen LogP contribution in [0.3, 0.4) is 0 Å². The highest BCUT2D eigenvalue weighted by atomic mass is 32.2. The fraction of sp³-hybridized carbons (Fsp3) is 0.632. The third kappa shape index (κ3) is 5.70. The zero-order valence-electron chi connectivity index (χ0n) is 16.9. The van der Waals surface area contributed by atoms with E-state index >= 15 is 0 Å². The Balaban J connectivity index is 1.50. The Labute approximate surface area is 174 Å². The predicted octanol–water partition coefficient (Wildman–Crippen LogP) is 3.30. The van der Waals surface area contributed by atoms with Gasteiger partial charge in [0.05, 0.1) is 11.5 Å². The molecule has 7 nitrogen and oxygen atoms in total. The van der Waals surface area contributed by atoms with Crippen molar-refractivity contribution >= 4 is 29.4 Å². The number of hydrogen-bond donors (Lipinski definition) is 1. The smallest absolute Gasteiger partial charge is 0.230 e. The molecule has 1 aliphatic rings. The van der Waals surface area contributed by atoms with Crippen LogP contribution in [0.2, 0.25) is 0 Å². The van der Waals surface area contributed by atoms with Gasteiger partial charge in [-0.05, 0) is 38.7 Å². The van der Waals surface area contributed by atoms with Crippen LogP contribution in [0.25, 0.3) is 0 Å². The highest BCUT2D eigenvalue weighted by Gasteiger charge is 2.23. The molecule has 1 saturated carbocycles. The number of aryl methyl sites for hydroxylation is 2. The number of amides is 1. The van der Waals surface area contributed by atoms with Gasteiger partial charge in [0.25, 0.3) is 0 Å². The molecule has 0 aliphatic heterocycles. The molecular weight excluding hydrogens is 392 g/mol. The molecule has 2 aromatic heterocycles. The van der Waals surface area contributed by atoms with E-state index in [1.807, 2.05) is 31.5 Å². The lowest BCUT2D eigenvalue weighted by atomic mass is 9.86. The maximum absolute atomic E-state index is 12.3. The van der Waals surface area contributed by atoms with Gasteiger partial charge in [-0.2, -0.15) is 0 Å². The number of carbonyl (C=O) groups excluding carboxylic acids is 1. The van der Waals surface area contributed by atoms with Gasteiger partial charge in [0.1, 0.15) is 5.82 Å². The van der Waals surface area contributed by atoms with Crippen molar-refractivity contribution in [2.24, 2.45) is 13.0 Å². The molecule has 0 bridgehead atoms. The first-order valence-electron chi connectivity index (χ1n) is 9.68. The summed E-state index contributed by atoms with van der Waals surface area (Å²) in [4.78, 5) is 21.2. The summed E-state index contributed by atoms with van der Waals surface area (Å²) >= 11 is 2.97. The van der Waals surface area contributed by atoms with Gasteiger partial charge in [-0.25, -0.2) is 9.97 Å². The van der Waals surface area contributed by atoms with Crippen LogP contribution in [-0.4, -0.2) is 42.4 Å². The van der Waals surface area contributed by atoms with Gasteiger partial charge >= 0.3 is 0 Å². The molecule has 0 radical (unpaired) electrons. The van der Waals surface area contributed by atoms with Gasteiger partial charge in [0.2, 0.25) is 5.91 Å². The maximum Gasteiger partial charge on any atom is 0.230 e. The standard InChI is InChI=1S/C19H28N6OS2/c1-12-7-5-6-8-15(12)22-17(26)11-28-19-24-23-16(25(19)4)10-27-18-20-13(2)9-14(3)21-18/h9,12,15H,5-8,10-11H2,1-4H3,(H,22,26)/t12-,15+/m0/s1. The minimum Gasteiger partial charge on any atom is -0.352 e. The number of nitrogens with zero attached hydrogens (tertiary/aromatic N) is 5. The largest absolute Gasteiger partial charge is 0.352 e. The summed E-state index contributed by atoms with van der Waals surface area (Å²) in [6, 6.07) is 2.27. The fourth-order valence-corrected chi connectivity index (χ4v) is 5.06. The topological polar surface area (TPSA) is 85.6 Å². The summed E-state index contributed by atoms with van der Waals surface area (Å²) in [5, 5.41) is 13.2. The molecule has 9 heteroatoms. The molecule has 152 valence electrons. The lowest BCUT2D eigenvalue weighted by Gasteiger charge is -2.29. The first-order valence-corrected chi connectivity index (χ1v) is 11.6. The van der Waals surface area contributed by atoms with Crippen LogP contribution >= 0.6 is 23.5 Å². The van der Waals surface area contributed by atoms with Gasteiger partial charge in [0.15, 0.2) is 10.3 Å². The van der Waals surface area contributed by atoms with Gasteiger partial charge < -0.3 is 9.88 Å². The van der Waals surface area contributed by atoms with E-state index in [1.54, 1.807) is 11.8 Å². The highest BCUT2D eigenvalue weighted by molar-refractivity contribution is 7.99. The van der Waals surface area contributed by atoms with Crippen LogP contribution < -0.4 is 5.32 Å². The number of rotatable bonds is 7. The minimum atomic E-state index is 0.0753. The SMILES string of the molecule is Cc1cc(C)nc(SCc2nnc(SCC(=O)N[C@@H]3CCCC[C@@H]3C)n2C)n1. The lowest BCUT2D eigenvalue weighted by Crippen LogP contribution is -2.41. The van der Waals surface area contributed by atoms with Gasteiger partial charge in [-0.3, -0.25) is 4.79 Å². The summed E-state index contributed by atoms with van der Waals surface area (Å²) in [6.45, 7) is 6.16. The van der Waals surface area contributed by atoms with Crippen molar-refractivity contribution < 1.29 is 4.79 Å². The van der Waals surface area contributed by atoms with E-state index in [1.165, 1.54) is 31.0 Å². The van der Waals surface area contributed by atoms with Crippen LogP contribution in [0.15, 0.2) is 16.4 Å². The van der Waals surface area contributed by atoms with Crippen molar-refractivity contribution in [3.05, 3.63) is 23.3 Å². The molecule has 1 N–H and O–H groups in total. The zero-order valence-corrected chi connectivity index (χ0v) is 18.6. The van der Waals surface area contributed by atoms with E-state index in [0.717, 1.165) is 33.9 Å². The summed E-state index contributed by atoms with van der Waals surface area (Å²) in [7, 11) is 1.93. The van der Waals surface area contributed by atoms with Crippen molar-refractivity contribution in [2.45, 2.75) is 68.6 Å². The van der Waals surface area contributed by atoms with Gasteiger partial charge in [-0.1, -0.05) is 43.3 Å². The molecule has 1 fully saturated rings. The Morgan fingerprint density at radius 2 is 1.89 bits per heavy atom. The molecule has 2 aromatic rings. The van der Waals surface area contributed by atoms with Gasteiger partial charge in [-0.15, -0.1) is 10.2 Å². The summed E-state index contributed by atoms with van der Waals surface area (Å²) < 4.78 is 1.94. The van der Waals surface area contributed by atoms with E-state index in [2.05, 4.69) is 32.4 Å². The number of nitrogens with one attached hydrogen (secondary N) is 1. The van der Waals surface area contributed by atoms with E-state index in [0.29, 0.717) is 23.5 Å². The molecule has 1 amide bonds. The first-order chi connectivity index (χ1) is 13.4. The molecule has 2 atom stereocenters. The van der Waals surface area contributed by atoms with Gasteiger partial charge in [0, 0.05) is 24.5 Å². The molecule has 3 rings (SSSR count). The number of carbonyl (C=O) groups is 1. The summed E-state index contributed by atoms with van der Waals surface area (Å²) in [5.74, 6) is 2.48. The minimum absolute atomic E-state index is 0.0753. The quantitative estimate of drug-likeness (QED) is 0.543. The van der Waals surface area contributed by atoms with E-state index in [9.17, 15) is 4.79 Å². The molecule has 0 saturated heterocycles. The highest BCUT2D eigenvalue weighted by Crippen LogP contribution is 2.25. The second kappa shape index (κ2) is 9.73. The van der Waals surface area contributed by atoms with Crippen LogP contribution in [0, 0.1) is 19.8 Å². The fourth-order valence-electron chi connectivity index (χ4n) is 3.39. The van der Waals surface area contributed by atoms with Crippen LogP contribution in [0.4, 0.5) is 0 Å². The Hall–Kier alpha value is -1.61. The molecule has 0 aromatic carbocycles. The predicted molar refractivity (Wildman–Crippen MR) is 112 cm³/mol. The zero-order chi connectivity index (χ0) is 20.1. The monoisotopic (exact) mass is 420 g/mol. The van der Waals surface area contributed by atoms with Crippen molar-refractivity contribution in [3.63, 3.8) is 0 Å². The summed E-state index contributed by atoms with van der Waals surface area (Å²) in [6.07, 6.45) is 4.77. The molecular formula is C19H28N6OS2. The molecule has 28 heavy (non-hydrogen) atoms. The number of thioether (sulfide) groups is 2. The third-order valence-corrected chi connectivity index (χ3v) is 6.87. The third-order valence-electron chi connectivity index (χ3n) is 5.01. The van der Waals surface area contributed by atoms with Crippen molar-refractivity contribution in [1.82, 2.24) is 30.0 Å². The van der Waals surface area contributed by atoms with Crippen molar-refractivity contribution in [1.29, 1.82) is 0 Å². The van der Waals surface area contributed by atoms with Crippen LogP contribution in [0.5, 0.6) is 0 Å². The first kappa shape index (κ1) is 21.1. The average molecular weight is 421 g/mol. The van der Waals surface area contributed by atoms with Crippen LogP contribution in [-0.2, 0) is 17.6 Å². The summed E-state index contributed by atoms with van der Waals surface area (Å²) in [5.41, 5.74) is 1.92. The van der Waals surface area contributed by atoms with E-state index < -0.39 is 0 Å². The van der Waals surface area contributed by atoms with Crippen LogP contribution in [0.1, 0.15) is 49.8 Å².